The van der Waals surface area contributed by atoms with E-state index in [0.717, 1.165) is 18.7 Å². The molecule has 0 spiro atoms. The molecule has 1 amide bonds. The summed E-state index contributed by atoms with van der Waals surface area (Å²) in [6.07, 6.45) is 13.5. The molecule has 0 unspecified atom stereocenters. The third kappa shape index (κ3) is 4.74. The molecule has 2 aliphatic rings. The Balaban J connectivity index is 1.58. The highest BCUT2D eigenvalue weighted by atomic mass is 16.5. The van der Waals surface area contributed by atoms with Crippen LogP contribution in [-0.2, 0) is 0 Å². The van der Waals surface area contributed by atoms with Gasteiger partial charge in [-0.3, -0.25) is 4.79 Å². The molecule has 0 aromatic carbocycles. The van der Waals surface area contributed by atoms with Gasteiger partial charge in [0.1, 0.15) is 11.9 Å². The number of hydrogen-bond donors (Lipinski definition) is 2. The summed E-state index contributed by atoms with van der Waals surface area (Å²) >= 11 is 0. The first-order chi connectivity index (χ1) is 12.2. The number of carbonyl (C=O) groups excluding carboxylic acids is 1. The van der Waals surface area contributed by atoms with Gasteiger partial charge in [0.25, 0.3) is 5.91 Å². The third-order valence-corrected chi connectivity index (χ3v) is 3.73. The lowest BCUT2D eigenvalue weighted by molar-refractivity contribution is 0.0963. The van der Waals surface area contributed by atoms with E-state index in [1.54, 1.807) is 30.6 Å². The molecule has 25 heavy (non-hydrogen) atoms. The second kappa shape index (κ2) is 8.21. The van der Waals surface area contributed by atoms with E-state index in [1.165, 1.54) is 0 Å². The normalized spacial score (nSPS) is 18.7. The van der Waals surface area contributed by atoms with Gasteiger partial charge in [0.15, 0.2) is 0 Å². The highest BCUT2D eigenvalue weighted by molar-refractivity contribution is 5.96. The minimum atomic E-state index is -0.235. The molecule has 3 heterocycles. The first kappa shape index (κ1) is 16.9. The van der Waals surface area contributed by atoms with Crippen LogP contribution in [0.15, 0.2) is 71.7 Å². The van der Waals surface area contributed by atoms with E-state index in [4.69, 9.17) is 4.74 Å². The third-order valence-electron chi connectivity index (χ3n) is 3.73. The Bertz CT molecular complexity index is 773. The summed E-state index contributed by atoms with van der Waals surface area (Å²) in [5, 5.41) is 5.92. The Hall–Kier alpha value is -2.99. The van der Waals surface area contributed by atoms with E-state index in [0.29, 0.717) is 23.7 Å². The van der Waals surface area contributed by atoms with Gasteiger partial charge in [-0.2, -0.15) is 0 Å². The van der Waals surface area contributed by atoms with E-state index in [2.05, 4.69) is 27.2 Å². The van der Waals surface area contributed by atoms with Crippen molar-refractivity contribution < 1.29 is 9.53 Å². The van der Waals surface area contributed by atoms with Crippen LogP contribution in [0.1, 0.15) is 16.8 Å². The van der Waals surface area contributed by atoms with Crippen LogP contribution in [0.5, 0.6) is 5.88 Å². The fourth-order valence-corrected chi connectivity index (χ4v) is 2.24. The molecule has 0 aliphatic carbocycles. The predicted molar refractivity (Wildman–Crippen MR) is 97.6 cm³/mol. The number of nitrogens with zero attached hydrogens (tertiary/aromatic N) is 2. The highest BCUT2D eigenvalue weighted by Crippen LogP contribution is 2.14. The maximum atomic E-state index is 12.4. The Morgan fingerprint density at radius 2 is 2.28 bits per heavy atom. The number of rotatable bonds is 6. The van der Waals surface area contributed by atoms with Crippen molar-refractivity contribution in [1.82, 2.24) is 15.6 Å². The maximum Gasteiger partial charge on any atom is 0.257 e. The van der Waals surface area contributed by atoms with Gasteiger partial charge >= 0.3 is 0 Å². The fraction of sp³-hybridized carbons (Fsp3) is 0.211. The summed E-state index contributed by atoms with van der Waals surface area (Å²) < 4.78 is 5.67. The zero-order chi connectivity index (χ0) is 17.5. The largest absolute Gasteiger partial charge is 0.472 e. The van der Waals surface area contributed by atoms with Gasteiger partial charge in [-0.15, -0.1) is 0 Å². The van der Waals surface area contributed by atoms with Crippen molar-refractivity contribution in [3.05, 3.63) is 72.2 Å². The molecular formula is C19H20N4O2. The second-order valence-electron chi connectivity index (χ2n) is 5.65. The monoisotopic (exact) mass is 336 g/mol. The molecule has 2 N–H and O–H groups in total. The number of pyridine rings is 1. The van der Waals surface area contributed by atoms with E-state index in [-0.39, 0.29) is 12.0 Å². The van der Waals surface area contributed by atoms with Crippen LogP contribution in [0.3, 0.4) is 0 Å². The second-order valence-corrected chi connectivity index (χ2v) is 5.65. The van der Waals surface area contributed by atoms with Gasteiger partial charge in [-0.1, -0.05) is 30.9 Å². The van der Waals surface area contributed by atoms with Crippen LogP contribution in [-0.4, -0.2) is 36.3 Å². The topological polar surface area (TPSA) is 75.6 Å². The average molecular weight is 336 g/mol. The van der Waals surface area contributed by atoms with Gasteiger partial charge in [-0.25, -0.2) is 9.98 Å². The number of nitrogens with one attached hydrogen (secondary N) is 2. The van der Waals surface area contributed by atoms with Crippen molar-refractivity contribution in [1.29, 1.82) is 0 Å². The van der Waals surface area contributed by atoms with Gasteiger partial charge in [0, 0.05) is 37.1 Å². The molecule has 1 fully saturated rings. The van der Waals surface area contributed by atoms with Crippen LogP contribution in [0.4, 0.5) is 0 Å². The molecule has 0 atom stereocenters. The van der Waals surface area contributed by atoms with Gasteiger partial charge in [0.05, 0.1) is 0 Å². The number of aliphatic imine (C=N–C) groups is 1. The smallest absolute Gasteiger partial charge is 0.257 e. The molecule has 6 nitrogen and oxygen atoms in total. The van der Waals surface area contributed by atoms with E-state index in [1.807, 2.05) is 24.3 Å². The van der Waals surface area contributed by atoms with Crippen molar-refractivity contribution >= 4 is 12.1 Å². The summed E-state index contributed by atoms with van der Waals surface area (Å²) in [6.45, 7) is 5.23. The number of hydrogen-bond acceptors (Lipinski definition) is 5. The molecule has 2 aliphatic heterocycles. The van der Waals surface area contributed by atoms with Crippen LogP contribution in [0.25, 0.3) is 0 Å². The fourth-order valence-electron chi connectivity index (χ4n) is 2.24. The average Bonchev–Trinajstić information content (AvgIpc) is 2.60. The van der Waals surface area contributed by atoms with Gasteiger partial charge < -0.3 is 15.4 Å². The van der Waals surface area contributed by atoms with Crippen LogP contribution >= 0.6 is 0 Å². The van der Waals surface area contributed by atoms with Crippen molar-refractivity contribution in [2.45, 2.75) is 12.5 Å². The Morgan fingerprint density at radius 1 is 1.40 bits per heavy atom. The van der Waals surface area contributed by atoms with E-state index < -0.39 is 0 Å². The summed E-state index contributed by atoms with van der Waals surface area (Å²) in [4.78, 5) is 20.8. The van der Waals surface area contributed by atoms with Gasteiger partial charge in [0.2, 0.25) is 5.88 Å². The lowest BCUT2D eigenvalue weighted by Gasteiger charge is -2.27. The Labute approximate surface area is 146 Å². The number of allylic oxidation sites excluding steroid dienone is 6. The highest BCUT2D eigenvalue weighted by Gasteiger charge is 2.19. The summed E-state index contributed by atoms with van der Waals surface area (Å²) in [7, 11) is 0. The number of ether oxygens (including phenoxy) is 1. The zero-order valence-electron chi connectivity index (χ0n) is 13.8. The SMILES string of the molecule is C=C/C=C\C=C1\C=NC(NC(=O)c2ccnc(OC3CNC3)c2)=CC1. The number of aromatic nitrogens is 1. The number of amides is 1. The summed E-state index contributed by atoms with van der Waals surface area (Å²) in [5.74, 6) is 0.762. The molecule has 0 radical (unpaired) electrons. The van der Waals surface area contributed by atoms with Crippen LogP contribution < -0.4 is 15.4 Å². The van der Waals surface area contributed by atoms with E-state index >= 15 is 0 Å². The van der Waals surface area contributed by atoms with Crippen LogP contribution in [0, 0.1) is 0 Å². The molecule has 1 aromatic rings. The molecule has 1 saturated heterocycles. The minimum Gasteiger partial charge on any atom is -0.472 e. The molecule has 3 rings (SSSR count). The predicted octanol–water partition coefficient (Wildman–Crippen LogP) is 2.15. The zero-order valence-corrected chi connectivity index (χ0v) is 13.8. The summed E-state index contributed by atoms with van der Waals surface area (Å²) in [5.41, 5.74) is 1.55. The molecule has 0 bridgehead atoms. The molecule has 0 saturated carbocycles. The van der Waals surface area contributed by atoms with Crippen molar-refractivity contribution in [2.24, 2.45) is 4.99 Å². The molecular weight excluding hydrogens is 316 g/mol. The summed E-state index contributed by atoms with van der Waals surface area (Å²) in [6, 6.07) is 3.30. The first-order valence-electron chi connectivity index (χ1n) is 8.12. The maximum absolute atomic E-state index is 12.4. The van der Waals surface area contributed by atoms with Crippen molar-refractivity contribution in [2.75, 3.05) is 13.1 Å². The van der Waals surface area contributed by atoms with Crippen LogP contribution in [0.2, 0.25) is 0 Å². The quantitative estimate of drug-likeness (QED) is 0.781. The Kier molecular flexibility index (Phi) is 5.53. The Morgan fingerprint density at radius 3 is 2.96 bits per heavy atom. The number of carbonyl (C=O) groups is 1. The lowest BCUT2D eigenvalue weighted by atomic mass is 10.1. The van der Waals surface area contributed by atoms with Gasteiger partial charge in [-0.05, 0) is 24.1 Å². The molecule has 1 aromatic heterocycles. The van der Waals surface area contributed by atoms with Crippen molar-refractivity contribution in [3.63, 3.8) is 0 Å². The first-order valence-corrected chi connectivity index (χ1v) is 8.12. The minimum absolute atomic E-state index is 0.122. The standard InChI is InChI=1S/C19H20N4O2/c1-2-3-4-5-14-6-7-17(22-11-14)23-19(24)15-8-9-21-18(10-15)25-16-12-20-13-16/h2-5,7-11,16,20H,1,6,12-13H2,(H,23,24)/b4-3-,14-5+. The molecule has 128 valence electrons. The lowest BCUT2D eigenvalue weighted by Crippen LogP contribution is -2.50. The molecule has 6 heteroatoms. The van der Waals surface area contributed by atoms with E-state index in [9.17, 15) is 4.79 Å². The van der Waals surface area contributed by atoms with Crippen molar-refractivity contribution in [3.8, 4) is 5.88 Å².